The van der Waals surface area contributed by atoms with Crippen molar-refractivity contribution < 1.29 is 19.2 Å². The molecule has 0 spiro atoms. The van der Waals surface area contributed by atoms with Gasteiger partial charge < -0.3 is 15.5 Å². The third-order valence-corrected chi connectivity index (χ3v) is 6.75. The number of imide groups is 1. The van der Waals surface area contributed by atoms with Crippen LogP contribution in [0.1, 0.15) is 51.1 Å². The Labute approximate surface area is 185 Å². The second kappa shape index (κ2) is 7.56. The Morgan fingerprint density at radius 1 is 1.06 bits per heavy atom. The molecule has 3 N–H and O–H groups in total. The van der Waals surface area contributed by atoms with Crippen LogP contribution < -0.4 is 11.1 Å². The minimum Gasteiger partial charge on any atom is -0.336 e. The lowest BCUT2D eigenvalue weighted by Crippen LogP contribution is -2.52. The van der Waals surface area contributed by atoms with Gasteiger partial charge >= 0.3 is 0 Å². The molecule has 3 aliphatic heterocycles. The Balaban J connectivity index is 1.39. The molecule has 3 aliphatic rings. The zero-order valence-corrected chi connectivity index (χ0v) is 17.5. The summed E-state index contributed by atoms with van der Waals surface area (Å²) in [5.41, 5.74) is 8.54. The fourth-order valence-electron chi connectivity index (χ4n) is 4.97. The molecular formula is C24H24N4O4. The summed E-state index contributed by atoms with van der Waals surface area (Å²) in [6.07, 6.45) is 1.12. The summed E-state index contributed by atoms with van der Waals surface area (Å²) >= 11 is 0. The molecule has 0 saturated carbocycles. The van der Waals surface area contributed by atoms with Gasteiger partial charge in [0, 0.05) is 37.2 Å². The molecule has 0 radical (unpaired) electrons. The number of rotatable bonds is 3. The maximum absolute atomic E-state index is 13.4. The van der Waals surface area contributed by atoms with Crippen LogP contribution >= 0.6 is 0 Å². The first-order valence-corrected chi connectivity index (χ1v) is 10.8. The number of hydrogen-bond donors (Lipinski definition) is 2. The van der Waals surface area contributed by atoms with E-state index in [1.165, 1.54) is 4.90 Å². The molecule has 164 valence electrons. The Kier molecular flexibility index (Phi) is 4.82. The van der Waals surface area contributed by atoms with Crippen LogP contribution in [0.25, 0.3) is 0 Å². The first-order chi connectivity index (χ1) is 15.4. The highest BCUT2D eigenvalue weighted by Gasteiger charge is 2.42. The zero-order valence-electron chi connectivity index (χ0n) is 17.5. The molecule has 0 aliphatic carbocycles. The number of likely N-dealkylation sites (tertiary alicyclic amines) is 1. The van der Waals surface area contributed by atoms with Crippen LogP contribution in [0.5, 0.6) is 0 Å². The lowest BCUT2D eigenvalue weighted by atomic mass is 9.90. The first-order valence-electron chi connectivity index (χ1n) is 10.8. The van der Waals surface area contributed by atoms with Gasteiger partial charge in [-0.15, -0.1) is 0 Å². The number of hydrogen-bond acceptors (Lipinski definition) is 5. The Bertz CT molecular complexity index is 1130. The second-order valence-electron chi connectivity index (χ2n) is 8.73. The van der Waals surface area contributed by atoms with Crippen molar-refractivity contribution >= 4 is 23.6 Å². The first kappa shape index (κ1) is 20.4. The van der Waals surface area contributed by atoms with Crippen molar-refractivity contribution in [3.8, 4) is 0 Å². The van der Waals surface area contributed by atoms with Crippen LogP contribution in [0.4, 0.5) is 0 Å². The molecule has 0 aromatic heterocycles. The van der Waals surface area contributed by atoms with Gasteiger partial charge in [0.15, 0.2) is 0 Å². The quantitative estimate of drug-likeness (QED) is 0.707. The topological polar surface area (TPSA) is 113 Å². The lowest BCUT2D eigenvalue weighted by molar-refractivity contribution is -0.136. The van der Waals surface area contributed by atoms with Crippen LogP contribution in [-0.2, 0) is 21.7 Å². The predicted octanol–water partition coefficient (Wildman–Crippen LogP) is 1.15. The molecule has 2 saturated heterocycles. The normalized spacial score (nSPS) is 25.2. The van der Waals surface area contributed by atoms with Crippen molar-refractivity contribution in [2.75, 3.05) is 13.1 Å². The highest BCUT2D eigenvalue weighted by molar-refractivity contribution is 6.07. The minimum atomic E-state index is -0.711. The van der Waals surface area contributed by atoms with Gasteiger partial charge in [-0.05, 0) is 36.1 Å². The maximum atomic E-state index is 13.4. The highest BCUT2D eigenvalue weighted by atomic mass is 16.2. The van der Waals surface area contributed by atoms with Crippen molar-refractivity contribution in [2.24, 2.45) is 5.73 Å². The lowest BCUT2D eigenvalue weighted by Gasteiger charge is -2.29. The zero-order chi connectivity index (χ0) is 22.5. The summed E-state index contributed by atoms with van der Waals surface area (Å²) < 4.78 is 0. The molecule has 2 atom stereocenters. The number of nitrogens with two attached hydrogens (primary N) is 1. The Hall–Kier alpha value is -3.52. The van der Waals surface area contributed by atoms with E-state index in [2.05, 4.69) is 5.32 Å². The summed E-state index contributed by atoms with van der Waals surface area (Å²) in [4.78, 5) is 53.5. The van der Waals surface area contributed by atoms with Gasteiger partial charge in [-0.2, -0.15) is 0 Å². The van der Waals surface area contributed by atoms with Crippen LogP contribution in [0.15, 0.2) is 48.5 Å². The van der Waals surface area contributed by atoms with Gasteiger partial charge in [0.05, 0.1) is 5.54 Å². The largest absolute Gasteiger partial charge is 0.336 e. The molecule has 5 rings (SSSR count). The standard InChI is InChI=1S/C24H24N4O4/c25-24(15-5-2-1-3-6-15)11-12-27(14-24)22(31)16-7-4-8-17-18(16)13-28(23(17)32)19-9-10-20(29)26-21(19)30/h1-8,19H,9-14,25H2,(H,26,29,30). The van der Waals surface area contributed by atoms with Gasteiger partial charge in [-0.25, -0.2) is 0 Å². The van der Waals surface area contributed by atoms with Crippen LogP contribution in [0, 0.1) is 0 Å². The highest BCUT2D eigenvalue weighted by Crippen LogP contribution is 2.33. The number of fused-ring (bicyclic) bond motifs is 1. The number of nitrogens with one attached hydrogen (secondary N) is 1. The average Bonchev–Trinajstić information content (AvgIpc) is 3.35. The summed E-state index contributed by atoms with van der Waals surface area (Å²) in [5, 5.41) is 2.30. The van der Waals surface area contributed by atoms with E-state index in [1.54, 1.807) is 23.1 Å². The fraction of sp³-hybridized carbons (Fsp3) is 0.333. The summed E-state index contributed by atoms with van der Waals surface area (Å²) in [6, 6.07) is 14.2. The van der Waals surface area contributed by atoms with Gasteiger partial charge in [0.2, 0.25) is 11.8 Å². The number of carbonyl (C=O) groups is 4. The fourth-order valence-corrected chi connectivity index (χ4v) is 4.97. The average molecular weight is 432 g/mol. The van der Waals surface area contributed by atoms with Crippen molar-refractivity contribution in [1.82, 2.24) is 15.1 Å². The minimum absolute atomic E-state index is 0.164. The summed E-state index contributed by atoms with van der Waals surface area (Å²) in [7, 11) is 0. The van der Waals surface area contributed by atoms with Crippen LogP contribution in [0.2, 0.25) is 0 Å². The Morgan fingerprint density at radius 2 is 1.84 bits per heavy atom. The van der Waals surface area contributed by atoms with E-state index < -0.39 is 17.5 Å². The van der Waals surface area contributed by atoms with Crippen molar-refractivity contribution in [3.63, 3.8) is 0 Å². The van der Waals surface area contributed by atoms with Crippen molar-refractivity contribution in [2.45, 2.75) is 37.4 Å². The molecule has 2 aromatic carbocycles. The smallest absolute Gasteiger partial charge is 0.255 e. The summed E-state index contributed by atoms with van der Waals surface area (Å²) in [6.45, 7) is 1.09. The number of piperidine rings is 1. The second-order valence-corrected chi connectivity index (χ2v) is 8.73. The molecule has 2 aromatic rings. The van der Waals surface area contributed by atoms with Gasteiger partial charge in [-0.1, -0.05) is 36.4 Å². The van der Waals surface area contributed by atoms with E-state index in [-0.39, 0.29) is 37.1 Å². The van der Waals surface area contributed by atoms with Gasteiger partial charge in [-0.3, -0.25) is 24.5 Å². The van der Waals surface area contributed by atoms with E-state index in [0.29, 0.717) is 36.2 Å². The van der Waals surface area contributed by atoms with E-state index in [0.717, 1.165) is 5.56 Å². The molecule has 8 heteroatoms. The number of benzene rings is 2. The number of carbonyl (C=O) groups excluding carboxylic acids is 4. The van der Waals surface area contributed by atoms with E-state index >= 15 is 0 Å². The van der Waals surface area contributed by atoms with Crippen molar-refractivity contribution in [3.05, 3.63) is 70.8 Å². The molecule has 2 unspecified atom stereocenters. The van der Waals surface area contributed by atoms with E-state index in [1.807, 2.05) is 30.3 Å². The van der Waals surface area contributed by atoms with Crippen LogP contribution in [0.3, 0.4) is 0 Å². The van der Waals surface area contributed by atoms with Crippen molar-refractivity contribution in [1.29, 1.82) is 0 Å². The molecule has 2 fully saturated rings. The van der Waals surface area contributed by atoms with E-state index in [4.69, 9.17) is 5.73 Å². The monoisotopic (exact) mass is 432 g/mol. The number of amides is 4. The molecule has 3 heterocycles. The SMILES string of the molecule is NC1(c2ccccc2)CCN(C(=O)c2cccc3c2CN(C2CCC(=O)NC2=O)C3=O)C1. The predicted molar refractivity (Wildman–Crippen MR) is 115 cm³/mol. The van der Waals surface area contributed by atoms with E-state index in [9.17, 15) is 19.2 Å². The third kappa shape index (κ3) is 3.27. The molecule has 32 heavy (non-hydrogen) atoms. The van der Waals surface area contributed by atoms with Crippen LogP contribution in [-0.4, -0.2) is 52.6 Å². The summed E-state index contributed by atoms with van der Waals surface area (Å²) in [5.74, 6) is -1.25. The molecular weight excluding hydrogens is 408 g/mol. The van der Waals surface area contributed by atoms with Gasteiger partial charge in [0.1, 0.15) is 6.04 Å². The number of nitrogens with zero attached hydrogens (tertiary/aromatic N) is 2. The third-order valence-electron chi connectivity index (χ3n) is 6.75. The molecule has 4 amide bonds. The van der Waals surface area contributed by atoms with Gasteiger partial charge in [0.25, 0.3) is 11.8 Å². The molecule has 0 bridgehead atoms. The maximum Gasteiger partial charge on any atom is 0.255 e. The Morgan fingerprint density at radius 3 is 2.59 bits per heavy atom. The molecule has 8 nitrogen and oxygen atoms in total.